The molecule has 1 fully saturated rings. The maximum atomic E-state index is 11.3. The standard InChI is InChI=1S/C11H17N5O6/c1-4(12)11(20)21-2-5-6(17)7(18)10(22-5)16-3-14-9(15-16)8(13)19/h3-7,10,17-18H,2,12H2,1H3,(H2,13,19)/t4-,5?,6+,7+,10?/m0/s1. The van der Waals surface area contributed by atoms with Crippen LogP contribution in [0.2, 0.25) is 0 Å². The molecule has 11 heteroatoms. The van der Waals surface area contributed by atoms with Crippen LogP contribution >= 0.6 is 0 Å². The van der Waals surface area contributed by atoms with Crippen LogP contribution in [0.15, 0.2) is 6.33 Å². The second kappa shape index (κ2) is 6.36. The summed E-state index contributed by atoms with van der Waals surface area (Å²) >= 11 is 0. The molecule has 1 saturated heterocycles. The van der Waals surface area contributed by atoms with E-state index in [1.807, 2.05) is 0 Å². The zero-order chi connectivity index (χ0) is 16.4. The third-order valence-corrected chi connectivity index (χ3v) is 3.09. The number of carbonyl (C=O) groups is 2. The molecule has 2 heterocycles. The highest BCUT2D eigenvalue weighted by Crippen LogP contribution is 2.28. The summed E-state index contributed by atoms with van der Waals surface area (Å²) in [4.78, 5) is 25.9. The monoisotopic (exact) mass is 315 g/mol. The van der Waals surface area contributed by atoms with Crippen LogP contribution in [0.5, 0.6) is 0 Å². The van der Waals surface area contributed by atoms with Crippen molar-refractivity contribution in [3.8, 4) is 0 Å². The lowest BCUT2D eigenvalue weighted by Crippen LogP contribution is -2.36. The molecule has 1 amide bonds. The Kier molecular flexibility index (Phi) is 4.71. The second-order valence-electron chi connectivity index (χ2n) is 4.88. The third-order valence-electron chi connectivity index (χ3n) is 3.09. The first-order valence-corrected chi connectivity index (χ1v) is 6.46. The van der Waals surface area contributed by atoms with E-state index in [0.29, 0.717) is 0 Å². The topological polar surface area (TPSA) is 176 Å². The first-order chi connectivity index (χ1) is 10.3. The number of nitrogens with zero attached hydrogens (tertiary/aromatic N) is 3. The number of esters is 1. The molecular weight excluding hydrogens is 298 g/mol. The predicted molar refractivity (Wildman–Crippen MR) is 69.1 cm³/mol. The van der Waals surface area contributed by atoms with E-state index in [0.717, 1.165) is 11.0 Å². The lowest BCUT2D eigenvalue weighted by atomic mass is 10.1. The number of ether oxygens (including phenoxy) is 2. The fourth-order valence-corrected chi connectivity index (χ4v) is 1.89. The van der Waals surface area contributed by atoms with Gasteiger partial charge in [0, 0.05) is 0 Å². The van der Waals surface area contributed by atoms with E-state index in [4.69, 9.17) is 20.9 Å². The van der Waals surface area contributed by atoms with E-state index in [-0.39, 0.29) is 12.4 Å². The van der Waals surface area contributed by atoms with E-state index >= 15 is 0 Å². The first-order valence-electron chi connectivity index (χ1n) is 6.46. The summed E-state index contributed by atoms with van der Waals surface area (Å²) in [6, 6.07) is -0.812. The molecule has 22 heavy (non-hydrogen) atoms. The molecule has 11 nitrogen and oxygen atoms in total. The number of aromatic nitrogens is 3. The van der Waals surface area contributed by atoms with Crippen molar-refractivity contribution in [3.05, 3.63) is 12.2 Å². The van der Waals surface area contributed by atoms with E-state index in [9.17, 15) is 19.8 Å². The van der Waals surface area contributed by atoms with Crippen molar-refractivity contribution in [2.45, 2.75) is 37.5 Å². The van der Waals surface area contributed by atoms with Crippen molar-refractivity contribution in [3.63, 3.8) is 0 Å². The Labute approximate surface area is 124 Å². The smallest absolute Gasteiger partial charge is 0.322 e. The zero-order valence-electron chi connectivity index (χ0n) is 11.7. The third kappa shape index (κ3) is 3.22. The number of amides is 1. The van der Waals surface area contributed by atoms with Gasteiger partial charge in [0.15, 0.2) is 6.23 Å². The van der Waals surface area contributed by atoms with Gasteiger partial charge in [-0.1, -0.05) is 0 Å². The Hall–Kier alpha value is -2.08. The van der Waals surface area contributed by atoms with Gasteiger partial charge in [0.1, 0.15) is 37.3 Å². The number of aliphatic hydroxyl groups is 2. The largest absolute Gasteiger partial charge is 0.462 e. The Morgan fingerprint density at radius 3 is 2.73 bits per heavy atom. The van der Waals surface area contributed by atoms with E-state index in [2.05, 4.69) is 10.1 Å². The van der Waals surface area contributed by atoms with Gasteiger partial charge < -0.3 is 31.2 Å². The van der Waals surface area contributed by atoms with Gasteiger partial charge in [-0.15, -0.1) is 5.10 Å². The van der Waals surface area contributed by atoms with Crippen molar-refractivity contribution >= 4 is 11.9 Å². The van der Waals surface area contributed by atoms with Crippen LogP contribution in [-0.4, -0.2) is 67.8 Å². The molecule has 2 rings (SSSR count). The molecule has 1 aromatic heterocycles. The van der Waals surface area contributed by atoms with Crippen LogP contribution in [0, 0.1) is 0 Å². The van der Waals surface area contributed by atoms with Crippen molar-refractivity contribution in [1.82, 2.24) is 14.8 Å². The predicted octanol–water partition coefficient (Wildman–Crippen LogP) is -3.11. The average Bonchev–Trinajstić information content (AvgIpc) is 3.04. The first kappa shape index (κ1) is 16.3. The average molecular weight is 315 g/mol. The molecule has 0 radical (unpaired) electrons. The normalized spacial score (nSPS) is 29.3. The van der Waals surface area contributed by atoms with Gasteiger partial charge >= 0.3 is 5.97 Å². The Bertz CT molecular complexity index is 561. The summed E-state index contributed by atoms with van der Waals surface area (Å²) in [5.74, 6) is -1.75. The molecule has 122 valence electrons. The molecule has 0 aliphatic carbocycles. The molecule has 1 aromatic rings. The molecule has 1 aliphatic rings. The molecule has 5 atom stereocenters. The molecule has 0 aromatic carbocycles. The van der Waals surface area contributed by atoms with Crippen LogP contribution in [0.3, 0.4) is 0 Å². The number of nitrogens with two attached hydrogens (primary N) is 2. The van der Waals surface area contributed by atoms with Gasteiger partial charge in [-0.05, 0) is 6.92 Å². The minimum absolute atomic E-state index is 0.253. The number of rotatable bonds is 5. The Morgan fingerprint density at radius 2 is 2.18 bits per heavy atom. The molecule has 6 N–H and O–H groups in total. The van der Waals surface area contributed by atoms with Gasteiger partial charge in [0.05, 0.1) is 0 Å². The fourth-order valence-electron chi connectivity index (χ4n) is 1.89. The van der Waals surface area contributed by atoms with Crippen LogP contribution in [0.4, 0.5) is 0 Å². The summed E-state index contributed by atoms with van der Waals surface area (Å²) in [5, 5.41) is 23.6. The van der Waals surface area contributed by atoms with E-state index in [1.54, 1.807) is 0 Å². The minimum atomic E-state index is -1.35. The number of hydrogen-bond acceptors (Lipinski definition) is 9. The highest BCUT2D eigenvalue weighted by Gasteiger charge is 2.45. The van der Waals surface area contributed by atoms with Gasteiger partial charge in [-0.2, -0.15) is 0 Å². The second-order valence-corrected chi connectivity index (χ2v) is 4.88. The lowest BCUT2D eigenvalue weighted by molar-refractivity contribution is -0.151. The fraction of sp³-hybridized carbons (Fsp3) is 0.636. The lowest BCUT2D eigenvalue weighted by Gasteiger charge is -2.15. The maximum absolute atomic E-state index is 11.3. The summed E-state index contributed by atoms with van der Waals surface area (Å²) in [6.07, 6.45) is -3.58. The van der Waals surface area contributed by atoms with Crippen molar-refractivity contribution in [1.29, 1.82) is 0 Å². The Balaban J connectivity index is 2.03. The number of primary amides is 1. The summed E-state index contributed by atoms with van der Waals surface area (Å²) < 4.78 is 11.3. The molecule has 0 spiro atoms. The number of hydrogen-bond donors (Lipinski definition) is 4. The van der Waals surface area contributed by atoms with E-state index < -0.39 is 42.5 Å². The number of carbonyl (C=O) groups excluding carboxylic acids is 2. The van der Waals surface area contributed by atoms with Crippen molar-refractivity contribution in [2.75, 3.05) is 6.61 Å². The SMILES string of the molecule is C[C@H](N)C(=O)OCC1OC(n2cnc(C(N)=O)n2)[C@H](O)[C@@H]1O. The summed E-state index contributed by atoms with van der Waals surface area (Å²) in [6.45, 7) is 1.17. The molecular formula is C11H17N5O6. The van der Waals surface area contributed by atoms with Crippen LogP contribution in [0.1, 0.15) is 23.8 Å². The van der Waals surface area contributed by atoms with Gasteiger partial charge in [-0.25, -0.2) is 9.67 Å². The van der Waals surface area contributed by atoms with Gasteiger partial charge in [0.25, 0.3) is 5.91 Å². The number of aliphatic hydroxyl groups excluding tert-OH is 2. The molecule has 0 saturated carbocycles. The highest BCUT2D eigenvalue weighted by molar-refractivity contribution is 5.88. The van der Waals surface area contributed by atoms with Gasteiger partial charge in [-0.3, -0.25) is 9.59 Å². The Morgan fingerprint density at radius 1 is 1.50 bits per heavy atom. The summed E-state index contributed by atoms with van der Waals surface area (Å²) in [7, 11) is 0. The zero-order valence-corrected chi connectivity index (χ0v) is 11.7. The minimum Gasteiger partial charge on any atom is -0.462 e. The van der Waals surface area contributed by atoms with Crippen LogP contribution < -0.4 is 11.5 Å². The van der Waals surface area contributed by atoms with Crippen LogP contribution in [-0.2, 0) is 14.3 Å². The van der Waals surface area contributed by atoms with Gasteiger partial charge in [0.2, 0.25) is 5.82 Å². The molecule has 0 bridgehead atoms. The van der Waals surface area contributed by atoms with E-state index in [1.165, 1.54) is 6.92 Å². The highest BCUT2D eigenvalue weighted by atomic mass is 16.6. The molecule has 1 aliphatic heterocycles. The molecule has 2 unspecified atom stereocenters. The van der Waals surface area contributed by atoms with Crippen molar-refractivity contribution < 1.29 is 29.3 Å². The quantitative estimate of drug-likeness (QED) is 0.409. The maximum Gasteiger partial charge on any atom is 0.322 e. The van der Waals surface area contributed by atoms with Crippen molar-refractivity contribution in [2.24, 2.45) is 11.5 Å². The summed E-state index contributed by atoms with van der Waals surface area (Å²) in [5.41, 5.74) is 10.4. The van der Waals surface area contributed by atoms with Crippen LogP contribution in [0.25, 0.3) is 0 Å².